The molecule has 2 unspecified atom stereocenters. The quantitative estimate of drug-likeness (QED) is 0.0638. The molecule has 3 saturated carbocycles. The third kappa shape index (κ3) is 12.1. The predicted octanol–water partition coefficient (Wildman–Crippen LogP) is -8.20. The van der Waals surface area contributed by atoms with Gasteiger partial charge in [-0.05, 0) is 74.7 Å². The Bertz CT molecular complexity index is 2650. The standard InChI is InChI=1S/C61H96O33/c1-20-15-84-61(50(78)46(20)90-54-44(76)40(72)35(67)21(2)85-54)28(16-81-52-43(75)41(73)38(70)31(13-62)87-52)34-30(94-61)12-27-25-7-6-23-10-24(65)11-33(59(23,5)26(25)8-9-58(27,34)4)89-56-49(48(39(71)32(14-63)88-56)92-53-42(74)37(69)29(66)17-82-53)93-55-45(77)47(36(68)22(3)86-55)91-57-51(79)60(80,18-64)19-83-57/h6,21-22,24-57,62-80H,1,7-19H2,2-5H3/t21-,22+,24-,25-,26?,27?,28+,29-,30+,31-,32-,33-,34+,35+,36+,37+,38+,39-,40+,41+,42-,43-,44-,45-,46+,47-,48+,49-,50+,51+,52-,53+,54+,55+,56+,57+,58+,59+,60-,61+/m1/s1. The average Bonchev–Trinajstić information content (AvgIpc) is 1.48. The van der Waals surface area contributed by atoms with E-state index in [1.54, 1.807) is 0 Å². The third-order valence-corrected chi connectivity index (χ3v) is 23.3. The van der Waals surface area contributed by atoms with Crippen LogP contribution in [0.25, 0.3) is 0 Å². The van der Waals surface area contributed by atoms with Crippen molar-refractivity contribution in [1.29, 1.82) is 0 Å². The van der Waals surface area contributed by atoms with Gasteiger partial charge in [-0.25, -0.2) is 0 Å². The van der Waals surface area contributed by atoms with E-state index in [2.05, 4.69) is 19.6 Å². The Balaban J connectivity index is 0.850. The predicted molar refractivity (Wildman–Crippen MR) is 304 cm³/mol. The van der Waals surface area contributed by atoms with Crippen molar-refractivity contribution in [1.82, 2.24) is 0 Å². The van der Waals surface area contributed by atoms with Crippen LogP contribution in [0.2, 0.25) is 0 Å². The minimum Gasteiger partial charge on any atom is -0.394 e. The van der Waals surface area contributed by atoms with Crippen LogP contribution >= 0.6 is 0 Å². The molecular weight excluding hydrogens is 1260 g/mol. The number of fused-ring (bicyclic) bond motifs is 7. The first-order valence-corrected chi connectivity index (χ1v) is 32.7. The normalized spacial score (nSPS) is 56.8. The summed E-state index contributed by atoms with van der Waals surface area (Å²) >= 11 is 0. The van der Waals surface area contributed by atoms with Crippen molar-refractivity contribution in [2.45, 2.75) is 268 Å². The van der Waals surface area contributed by atoms with Crippen LogP contribution in [0.4, 0.5) is 0 Å². The Labute approximate surface area is 540 Å². The minimum absolute atomic E-state index is 0.0248. The molecule has 4 aliphatic carbocycles. The van der Waals surface area contributed by atoms with Crippen LogP contribution < -0.4 is 0 Å². The Morgan fingerprint density at radius 3 is 1.91 bits per heavy atom. The number of ether oxygens (including phenoxy) is 14. The van der Waals surface area contributed by atoms with E-state index >= 15 is 0 Å². The second-order valence-corrected chi connectivity index (χ2v) is 28.6. The third-order valence-electron chi connectivity index (χ3n) is 23.3. The Morgan fingerprint density at radius 2 is 1.22 bits per heavy atom. The van der Waals surface area contributed by atoms with E-state index in [1.165, 1.54) is 13.8 Å². The van der Waals surface area contributed by atoms with Crippen molar-refractivity contribution in [3.8, 4) is 0 Å². The molecule has 8 saturated heterocycles. The summed E-state index contributed by atoms with van der Waals surface area (Å²) in [6, 6.07) is 0. The Kier molecular flexibility index (Phi) is 21.1. The maximum absolute atomic E-state index is 12.8. The fourth-order valence-electron chi connectivity index (χ4n) is 17.8. The smallest absolute Gasteiger partial charge is 0.203 e. The fraction of sp³-hybridized carbons (Fsp3) is 0.934. The van der Waals surface area contributed by atoms with Gasteiger partial charge in [-0.1, -0.05) is 32.1 Å². The maximum Gasteiger partial charge on any atom is 0.203 e. The fourth-order valence-corrected chi connectivity index (χ4v) is 17.8. The average molecular weight is 1360 g/mol. The van der Waals surface area contributed by atoms with Gasteiger partial charge in [0.2, 0.25) is 5.79 Å². The number of hydrogen-bond acceptors (Lipinski definition) is 33. The molecule has 0 radical (unpaired) electrons. The lowest BCUT2D eigenvalue weighted by atomic mass is 9.46. The van der Waals surface area contributed by atoms with Gasteiger partial charge in [-0.15, -0.1) is 0 Å². The highest BCUT2D eigenvalue weighted by Crippen LogP contribution is 2.71. The molecule has 11 fully saturated rings. The second-order valence-electron chi connectivity index (χ2n) is 28.6. The molecule has 1 spiro atoms. The van der Waals surface area contributed by atoms with E-state index < -0.39 is 257 Å². The number of aliphatic hydroxyl groups excluding tert-OH is 18. The Morgan fingerprint density at radius 1 is 0.596 bits per heavy atom. The highest BCUT2D eigenvalue weighted by atomic mass is 16.8. The van der Waals surface area contributed by atoms with Gasteiger partial charge >= 0.3 is 0 Å². The van der Waals surface area contributed by atoms with E-state index in [4.69, 9.17) is 66.3 Å². The van der Waals surface area contributed by atoms with Crippen LogP contribution in [0.1, 0.15) is 66.2 Å². The lowest BCUT2D eigenvalue weighted by molar-refractivity contribution is -0.397. The molecule has 0 amide bonds. The first kappa shape index (κ1) is 72.0. The van der Waals surface area contributed by atoms with Crippen molar-refractivity contribution in [3.63, 3.8) is 0 Å². The molecule has 538 valence electrons. The number of allylic oxidation sites excluding steroid dienone is 1. The molecule has 33 nitrogen and oxygen atoms in total. The summed E-state index contributed by atoms with van der Waals surface area (Å²) in [5.74, 6) is -4.09. The molecule has 8 heterocycles. The summed E-state index contributed by atoms with van der Waals surface area (Å²) in [4.78, 5) is 0. The van der Waals surface area contributed by atoms with Gasteiger partial charge < -0.3 is 163 Å². The molecule has 0 bridgehead atoms. The van der Waals surface area contributed by atoms with Gasteiger partial charge in [0.1, 0.15) is 128 Å². The van der Waals surface area contributed by atoms with Gasteiger partial charge in [0.15, 0.2) is 37.7 Å². The van der Waals surface area contributed by atoms with E-state index in [1.807, 2.05) is 6.92 Å². The van der Waals surface area contributed by atoms with Gasteiger partial charge in [0.05, 0.1) is 76.8 Å². The molecule has 12 aliphatic rings. The summed E-state index contributed by atoms with van der Waals surface area (Å²) in [6.45, 7) is 6.78. The van der Waals surface area contributed by atoms with Gasteiger partial charge in [-0.3, -0.25) is 0 Å². The second kappa shape index (κ2) is 27.5. The first-order valence-electron chi connectivity index (χ1n) is 32.7. The molecular formula is C61H96O33. The molecule has 94 heavy (non-hydrogen) atoms. The summed E-state index contributed by atoms with van der Waals surface area (Å²) in [7, 11) is 0. The van der Waals surface area contributed by atoms with Crippen LogP contribution in [0.15, 0.2) is 23.8 Å². The Hall–Kier alpha value is -1.84. The van der Waals surface area contributed by atoms with Crippen molar-refractivity contribution in [3.05, 3.63) is 23.8 Å². The first-order chi connectivity index (χ1) is 44.5. The van der Waals surface area contributed by atoms with Crippen LogP contribution in [0.5, 0.6) is 0 Å². The largest absolute Gasteiger partial charge is 0.394 e. The molecule has 0 aromatic heterocycles. The van der Waals surface area contributed by atoms with E-state index in [9.17, 15) is 97.0 Å². The highest BCUT2D eigenvalue weighted by molar-refractivity contribution is 5.30. The summed E-state index contributed by atoms with van der Waals surface area (Å²) in [5, 5.41) is 210. The zero-order chi connectivity index (χ0) is 67.7. The lowest BCUT2D eigenvalue weighted by Crippen LogP contribution is -2.67. The molecule has 40 atom stereocenters. The molecule has 12 rings (SSSR count). The molecule has 0 aromatic carbocycles. The summed E-state index contributed by atoms with van der Waals surface area (Å²) < 4.78 is 87.3. The minimum atomic E-state index is -2.16. The molecule has 8 aliphatic heterocycles. The topological polar surface area (TPSA) is 514 Å². The van der Waals surface area contributed by atoms with E-state index in [0.717, 1.165) is 5.57 Å². The molecule has 0 aromatic rings. The van der Waals surface area contributed by atoms with Crippen molar-refractivity contribution >= 4 is 0 Å². The van der Waals surface area contributed by atoms with Crippen LogP contribution in [-0.4, -0.2) is 345 Å². The summed E-state index contributed by atoms with van der Waals surface area (Å²) in [5.41, 5.74) is -2.77. The number of rotatable bonds is 16. The lowest BCUT2D eigenvalue weighted by Gasteiger charge is -2.61. The van der Waals surface area contributed by atoms with Crippen LogP contribution in [0, 0.1) is 40.4 Å². The summed E-state index contributed by atoms with van der Waals surface area (Å²) in [6.07, 6.45) is -45.3. The van der Waals surface area contributed by atoms with Crippen LogP contribution in [0.3, 0.4) is 0 Å². The zero-order valence-electron chi connectivity index (χ0n) is 52.5. The molecule has 33 heteroatoms. The number of aliphatic hydroxyl groups is 19. The monoisotopic (exact) mass is 1360 g/mol. The van der Waals surface area contributed by atoms with Crippen molar-refractivity contribution in [2.24, 2.45) is 40.4 Å². The van der Waals surface area contributed by atoms with E-state index in [0.29, 0.717) is 25.7 Å². The highest BCUT2D eigenvalue weighted by Gasteiger charge is 2.74. The van der Waals surface area contributed by atoms with E-state index in [-0.39, 0.29) is 49.4 Å². The molecule has 19 N–H and O–H groups in total. The van der Waals surface area contributed by atoms with Gasteiger partial charge in [0, 0.05) is 23.7 Å². The van der Waals surface area contributed by atoms with Gasteiger partial charge in [0.25, 0.3) is 0 Å². The van der Waals surface area contributed by atoms with Crippen LogP contribution in [-0.2, 0) is 66.3 Å². The van der Waals surface area contributed by atoms with Crippen molar-refractivity contribution < 1.29 is 163 Å². The number of hydrogen-bond donors (Lipinski definition) is 19. The van der Waals surface area contributed by atoms with Gasteiger partial charge in [-0.2, -0.15) is 0 Å². The van der Waals surface area contributed by atoms with Crippen molar-refractivity contribution in [2.75, 3.05) is 46.2 Å². The zero-order valence-corrected chi connectivity index (χ0v) is 52.5. The maximum atomic E-state index is 12.8. The SMILES string of the molecule is C=C1CO[C@@]2(O[C@H]3CC4[C@@H]5CC=C6C[C@@H](O)C[C@@H](O[C@@H]7O[C@H](CO)[C@@H](O)[C@H](O[C@@H]8OC[C@@H](O)[C@H](O)[C@H]8O)[C@H]7O[C@@H]7O[C@@H](C)[C@H](O)[C@@H](O[C@@H]8OC[C@](O)(CO)[C@H]8O)[C@H]7O)[C@]6(C)C5CC[C@]4(C)[C@H]3[C@@H]2CO[C@@H]2O[C@H](CO)[C@H](O)[C@H](O)[C@H]2O)[C@@H](O)[C@H]1O[C@@H]1O[C@H](C)[C@H](O)[C@H](O)[C@H]1O.